The lowest BCUT2D eigenvalue weighted by Gasteiger charge is -2.27. The molecule has 0 rings (SSSR count). The third-order valence-corrected chi connectivity index (χ3v) is 4.15. The van der Waals surface area contributed by atoms with Gasteiger partial charge >= 0.3 is 12.0 Å². The van der Waals surface area contributed by atoms with E-state index in [0.29, 0.717) is 25.4 Å². The molecular weight excluding hydrogens is 276 g/mol. The van der Waals surface area contributed by atoms with Gasteiger partial charge in [-0.1, -0.05) is 26.7 Å². The van der Waals surface area contributed by atoms with Gasteiger partial charge in [0.05, 0.1) is 0 Å². The summed E-state index contributed by atoms with van der Waals surface area (Å²) in [6.45, 7) is 7.41. The summed E-state index contributed by atoms with van der Waals surface area (Å²) < 4.78 is 0. The molecule has 0 aliphatic heterocycles. The van der Waals surface area contributed by atoms with Gasteiger partial charge in [0.2, 0.25) is 0 Å². The van der Waals surface area contributed by atoms with E-state index in [9.17, 15) is 9.59 Å². The van der Waals surface area contributed by atoms with Crippen LogP contribution in [0.25, 0.3) is 0 Å². The predicted octanol–water partition coefficient (Wildman–Crippen LogP) is 2.66. The Morgan fingerprint density at radius 3 is 2.25 bits per heavy atom. The molecule has 0 radical (unpaired) electrons. The second-order valence-electron chi connectivity index (χ2n) is 4.84. The molecule has 0 saturated heterocycles. The minimum Gasteiger partial charge on any atom is -0.480 e. The number of carboxylic acids is 1. The van der Waals surface area contributed by atoms with E-state index in [1.165, 1.54) is 0 Å². The number of thioether (sulfide) groups is 1. The van der Waals surface area contributed by atoms with Gasteiger partial charge in [-0.3, -0.25) is 0 Å². The molecule has 0 heterocycles. The zero-order valence-corrected chi connectivity index (χ0v) is 13.8. The van der Waals surface area contributed by atoms with Crippen LogP contribution < -0.4 is 5.32 Å². The van der Waals surface area contributed by atoms with Crippen LogP contribution in [-0.2, 0) is 4.79 Å². The van der Waals surface area contributed by atoms with Crippen molar-refractivity contribution in [2.75, 3.05) is 25.1 Å². The predicted molar refractivity (Wildman–Crippen MR) is 84.3 cm³/mol. The molecule has 0 spiro atoms. The molecule has 6 heteroatoms. The molecule has 0 fully saturated rings. The Hall–Kier alpha value is -0.910. The third-order valence-electron chi connectivity index (χ3n) is 3.51. The summed E-state index contributed by atoms with van der Waals surface area (Å²) in [5.41, 5.74) is 0. The highest BCUT2D eigenvalue weighted by atomic mass is 32.2. The Morgan fingerprint density at radius 1 is 1.25 bits per heavy atom. The highest BCUT2D eigenvalue weighted by molar-refractivity contribution is 7.98. The Bertz CT molecular complexity index is 296. The quantitative estimate of drug-likeness (QED) is 0.651. The summed E-state index contributed by atoms with van der Waals surface area (Å²) in [5, 5.41) is 11.8. The van der Waals surface area contributed by atoms with E-state index in [2.05, 4.69) is 19.2 Å². The van der Waals surface area contributed by atoms with Crippen LogP contribution in [0, 0.1) is 5.92 Å². The number of aliphatic carboxylic acids is 1. The number of amides is 2. The van der Waals surface area contributed by atoms with E-state index >= 15 is 0 Å². The lowest BCUT2D eigenvalue weighted by Crippen LogP contribution is -2.49. The minimum atomic E-state index is -0.967. The van der Waals surface area contributed by atoms with E-state index in [1.807, 2.05) is 13.2 Å². The summed E-state index contributed by atoms with van der Waals surface area (Å²) in [6.07, 6.45) is 4.42. The number of hydrogen-bond acceptors (Lipinski definition) is 3. The number of urea groups is 1. The molecule has 0 aromatic rings. The Morgan fingerprint density at radius 2 is 1.85 bits per heavy atom. The molecule has 2 amide bonds. The fraction of sp³-hybridized carbons (Fsp3) is 0.857. The van der Waals surface area contributed by atoms with Crippen molar-refractivity contribution in [3.8, 4) is 0 Å². The maximum Gasteiger partial charge on any atom is 0.326 e. The molecule has 0 saturated carbocycles. The van der Waals surface area contributed by atoms with Crippen molar-refractivity contribution >= 4 is 23.8 Å². The molecular formula is C14H28N2O3S. The molecule has 0 aromatic carbocycles. The SMILES string of the molecule is CCC(CC)CN(CC)C(=O)NC(CCSC)C(=O)O. The number of carbonyl (C=O) groups excluding carboxylic acids is 1. The van der Waals surface area contributed by atoms with Crippen molar-refractivity contribution in [3.63, 3.8) is 0 Å². The van der Waals surface area contributed by atoms with E-state index in [1.54, 1.807) is 16.7 Å². The van der Waals surface area contributed by atoms with Crippen LogP contribution >= 0.6 is 11.8 Å². The maximum absolute atomic E-state index is 12.2. The lowest BCUT2D eigenvalue weighted by atomic mass is 10.0. The first-order chi connectivity index (χ1) is 9.49. The molecule has 20 heavy (non-hydrogen) atoms. The average molecular weight is 304 g/mol. The second kappa shape index (κ2) is 10.8. The summed E-state index contributed by atoms with van der Waals surface area (Å²) in [5.74, 6) is 0.219. The minimum absolute atomic E-state index is 0.270. The van der Waals surface area contributed by atoms with Crippen molar-refractivity contribution in [2.45, 2.75) is 46.1 Å². The van der Waals surface area contributed by atoms with Gasteiger partial charge in [-0.15, -0.1) is 0 Å². The fourth-order valence-electron chi connectivity index (χ4n) is 1.95. The van der Waals surface area contributed by atoms with Gasteiger partial charge < -0.3 is 15.3 Å². The standard InChI is InChI=1S/C14H28N2O3S/c1-5-11(6-2)10-16(7-3)14(19)15-12(13(17)18)8-9-20-4/h11-12H,5-10H2,1-4H3,(H,15,19)(H,17,18). The number of carboxylic acid groups (broad SMARTS) is 1. The van der Waals surface area contributed by atoms with Gasteiger partial charge in [0, 0.05) is 13.1 Å². The van der Waals surface area contributed by atoms with Gasteiger partial charge in [-0.05, 0) is 31.3 Å². The second-order valence-corrected chi connectivity index (χ2v) is 5.83. The van der Waals surface area contributed by atoms with Crippen LogP contribution in [0.4, 0.5) is 4.79 Å². The average Bonchev–Trinajstić information content (AvgIpc) is 2.44. The van der Waals surface area contributed by atoms with Crippen LogP contribution in [0.3, 0.4) is 0 Å². The van der Waals surface area contributed by atoms with E-state index in [4.69, 9.17) is 5.11 Å². The molecule has 118 valence electrons. The van der Waals surface area contributed by atoms with Crippen molar-refractivity contribution in [3.05, 3.63) is 0 Å². The summed E-state index contributed by atoms with van der Waals surface area (Å²) in [4.78, 5) is 25.0. The molecule has 0 aliphatic rings. The molecule has 0 bridgehead atoms. The molecule has 1 atom stereocenters. The van der Waals surface area contributed by atoms with Gasteiger partial charge in [0.25, 0.3) is 0 Å². The molecule has 0 aliphatic carbocycles. The topological polar surface area (TPSA) is 69.6 Å². The molecule has 1 unspecified atom stereocenters. The maximum atomic E-state index is 12.2. The summed E-state index contributed by atoms with van der Waals surface area (Å²) >= 11 is 1.58. The van der Waals surface area contributed by atoms with Crippen LogP contribution in [0.1, 0.15) is 40.0 Å². The van der Waals surface area contributed by atoms with E-state index < -0.39 is 12.0 Å². The van der Waals surface area contributed by atoms with Crippen LogP contribution in [0.15, 0.2) is 0 Å². The normalized spacial score (nSPS) is 12.2. The first-order valence-corrected chi connectivity index (χ1v) is 8.66. The smallest absolute Gasteiger partial charge is 0.326 e. The number of rotatable bonds is 10. The summed E-state index contributed by atoms with van der Waals surface area (Å²) in [7, 11) is 0. The molecule has 0 aromatic heterocycles. The van der Waals surface area contributed by atoms with Gasteiger partial charge in [0.15, 0.2) is 0 Å². The number of hydrogen-bond donors (Lipinski definition) is 2. The van der Waals surface area contributed by atoms with E-state index in [-0.39, 0.29) is 6.03 Å². The fourth-order valence-corrected chi connectivity index (χ4v) is 2.42. The van der Waals surface area contributed by atoms with Gasteiger partial charge in [-0.25, -0.2) is 9.59 Å². The number of nitrogens with one attached hydrogen (secondary N) is 1. The van der Waals surface area contributed by atoms with Crippen molar-refractivity contribution in [1.82, 2.24) is 10.2 Å². The first-order valence-electron chi connectivity index (χ1n) is 7.27. The zero-order chi connectivity index (χ0) is 15.5. The highest BCUT2D eigenvalue weighted by Crippen LogP contribution is 2.10. The highest BCUT2D eigenvalue weighted by Gasteiger charge is 2.23. The Balaban J connectivity index is 4.53. The van der Waals surface area contributed by atoms with Gasteiger partial charge in [-0.2, -0.15) is 11.8 Å². The summed E-state index contributed by atoms with van der Waals surface area (Å²) in [6, 6.07) is -1.07. The first kappa shape index (κ1) is 19.1. The van der Waals surface area contributed by atoms with E-state index in [0.717, 1.165) is 18.6 Å². The Kier molecular flexibility index (Phi) is 10.3. The van der Waals surface area contributed by atoms with Crippen LogP contribution in [-0.4, -0.2) is 53.1 Å². The van der Waals surface area contributed by atoms with Gasteiger partial charge in [0.1, 0.15) is 6.04 Å². The third kappa shape index (κ3) is 7.03. The molecule has 2 N–H and O–H groups in total. The lowest BCUT2D eigenvalue weighted by molar-refractivity contribution is -0.139. The largest absolute Gasteiger partial charge is 0.480 e. The number of carbonyl (C=O) groups is 2. The van der Waals surface area contributed by atoms with Crippen molar-refractivity contribution in [2.24, 2.45) is 5.92 Å². The number of nitrogens with zero attached hydrogens (tertiary/aromatic N) is 1. The zero-order valence-electron chi connectivity index (χ0n) is 13.0. The van der Waals surface area contributed by atoms with Crippen molar-refractivity contribution in [1.29, 1.82) is 0 Å². The monoisotopic (exact) mass is 304 g/mol. The Labute approximate surface area is 126 Å². The van der Waals surface area contributed by atoms with Crippen LogP contribution in [0.2, 0.25) is 0 Å². The molecule has 5 nitrogen and oxygen atoms in total. The van der Waals surface area contributed by atoms with Crippen LogP contribution in [0.5, 0.6) is 0 Å². The van der Waals surface area contributed by atoms with Crippen molar-refractivity contribution < 1.29 is 14.7 Å².